The van der Waals surface area contributed by atoms with Gasteiger partial charge in [0.1, 0.15) is 0 Å². The first kappa shape index (κ1) is 20.6. The second kappa shape index (κ2) is 8.57. The number of anilines is 1. The van der Waals surface area contributed by atoms with Crippen molar-refractivity contribution in [1.82, 2.24) is 0 Å². The molecule has 3 aromatic carbocycles. The minimum atomic E-state index is -0.446. The maximum absolute atomic E-state index is 13.3. The van der Waals surface area contributed by atoms with Crippen LogP contribution in [-0.2, 0) is 4.79 Å². The Morgan fingerprint density at radius 2 is 1.58 bits per heavy atom. The zero-order valence-electron chi connectivity index (χ0n) is 17.0. The molecule has 0 saturated carbocycles. The van der Waals surface area contributed by atoms with Crippen molar-refractivity contribution in [1.29, 1.82) is 0 Å². The summed E-state index contributed by atoms with van der Waals surface area (Å²) in [4.78, 5) is 30.7. The number of non-ortho nitro benzene ring substituents is 1. The lowest BCUT2D eigenvalue weighted by atomic mass is 10.1. The van der Waals surface area contributed by atoms with Gasteiger partial charge in [0.05, 0.1) is 21.2 Å². The molecule has 6 nitrogen and oxygen atoms in total. The van der Waals surface area contributed by atoms with Crippen LogP contribution in [0.5, 0.6) is 0 Å². The number of nitro groups is 1. The molecule has 0 spiro atoms. The molecule has 1 heterocycles. The highest BCUT2D eigenvalue weighted by Crippen LogP contribution is 2.38. The third-order valence-corrected chi connectivity index (χ3v) is 5.84. The molecule has 0 aliphatic carbocycles. The molecule has 0 unspecified atom stereocenters. The minimum absolute atomic E-state index is 0.00995. The van der Waals surface area contributed by atoms with Gasteiger partial charge in [-0.1, -0.05) is 36.4 Å². The minimum Gasteiger partial charge on any atom is -0.268 e. The molecule has 7 heteroatoms. The molecule has 1 fully saturated rings. The monoisotopic (exact) mass is 429 g/mol. The Labute approximate surface area is 184 Å². The summed E-state index contributed by atoms with van der Waals surface area (Å²) in [6, 6.07) is 21.5. The van der Waals surface area contributed by atoms with Gasteiger partial charge in [0.15, 0.2) is 5.17 Å². The summed E-state index contributed by atoms with van der Waals surface area (Å²) in [5, 5.41) is 11.5. The SMILES string of the molecule is Cc1cccc(C)c1N=C1S/C(=C/c2ccc([N+](=O)[O-])cc2)C(=O)N1c1ccccc1. The Balaban J connectivity index is 1.77. The summed E-state index contributed by atoms with van der Waals surface area (Å²) in [6.45, 7) is 3.99. The number of para-hydroxylation sites is 2. The molecular weight excluding hydrogens is 410 g/mol. The van der Waals surface area contributed by atoms with Crippen LogP contribution in [-0.4, -0.2) is 16.0 Å². The lowest BCUT2D eigenvalue weighted by Crippen LogP contribution is -2.28. The summed E-state index contributed by atoms with van der Waals surface area (Å²) in [5.74, 6) is -0.181. The first-order chi connectivity index (χ1) is 14.9. The van der Waals surface area contributed by atoms with Gasteiger partial charge in [0, 0.05) is 12.1 Å². The summed E-state index contributed by atoms with van der Waals surface area (Å²) in [7, 11) is 0. The highest BCUT2D eigenvalue weighted by molar-refractivity contribution is 8.19. The van der Waals surface area contributed by atoms with Crippen LogP contribution in [0.2, 0.25) is 0 Å². The highest BCUT2D eigenvalue weighted by atomic mass is 32.2. The van der Waals surface area contributed by atoms with Gasteiger partial charge in [-0.25, -0.2) is 4.99 Å². The Hall–Kier alpha value is -3.71. The van der Waals surface area contributed by atoms with Crippen molar-refractivity contribution in [2.45, 2.75) is 13.8 Å². The van der Waals surface area contributed by atoms with E-state index in [1.54, 1.807) is 23.1 Å². The topological polar surface area (TPSA) is 75.8 Å². The van der Waals surface area contributed by atoms with Gasteiger partial charge >= 0.3 is 0 Å². The number of amides is 1. The molecule has 1 amide bonds. The van der Waals surface area contributed by atoms with Crippen LogP contribution in [0.1, 0.15) is 16.7 Å². The van der Waals surface area contributed by atoms with E-state index in [-0.39, 0.29) is 11.6 Å². The van der Waals surface area contributed by atoms with Crippen LogP contribution in [0.4, 0.5) is 17.1 Å². The molecule has 0 N–H and O–H groups in total. The highest BCUT2D eigenvalue weighted by Gasteiger charge is 2.34. The summed E-state index contributed by atoms with van der Waals surface area (Å²) >= 11 is 1.29. The number of thioether (sulfide) groups is 1. The average Bonchev–Trinajstić information content (AvgIpc) is 3.06. The molecule has 1 aliphatic rings. The van der Waals surface area contributed by atoms with Crippen molar-refractivity contribution in [3.63, 3.8) is 0 Å². The number of aliphatic imine (C=N–C) groups is 1. The zero-order valence-corrected chi connectivity index (χ0v) is 17.8. The molecule has 1 saturated heterocycles. The lowest BCUT2D eigenvalue weighted by Gasteiger charge is -2.16. The van der Waals surface area contributed by atoms with Crippen LogP contribution in [0.25, 0.3) is 6.08 Å². The number of carbonyl (C=O) groups is 1. The van der Waals surface area contributed by atoms with E-state index in [2.05, 4.69) is 0 Å². The van der Waals surface area contributed by atoms with Crippen LogP contribution in [0.15, 0.2) is 82.7 Å². The second-order valence-electron chi connectivity index (χ2n) is 7.07. The molecule has 31 heavy (non-hydrogen) atoms. The number of rotatable bonds is 4. The van der Waals surface area contributed by atoms with Gasteiger partial charge in [-0.05, 0) is 72.6 Å². The van der Waals surface area contributed by atoms with Crippen LogP contribution in [0, 0.1) is 24.0 Å². The van der Waals surface area contributed by atoms with Crippen molar-refractivity contribution in [2.24, 2.45) is 4.99 Å². The average molecular weight is 430 g/mol. The van der Waals surface area contributed by atoms with E-state index < -0.39 is 4.92 Å². The third kappa shape index (κ3) is 4.27. The summed E-state index contributed by atoms with van der Waals surface area (Å²) in [5.41, 5.74) is 4.36. The normalized spacial score (nSPS) is 16.3. The second-order valence-corrected chi connectivity index (χ2v) is 8.08. The number of nitro benzene ring substituents is 1. The quantitative estimate of drug-likeness (QED) is 0.289. The summed E-state index contributed by atoms with van der Waals surface area (Å²) in [6.07, 6.45) is 1.74. The Bertz CT molecular complexity index is 1200. The standard InChI is InChI=1S/C24H19N3O3S/c1-16-7-6-8-17(2)22(16)25-24-26(19-9-4-3-5-10-19)23(28)21(31-24)15-18-11-13-20(14-12-18)27(29)30/h3-15H,1-2H3/b21-15+,25-24?. The molecule has 0 aromatic heterocycles. The largest absolute Gasteiger partial charge is 0.271 e. The Morgan fingerprint density at radius 3 is 2.19 bits per heavy atom. The Kier molecular flexibility index (Phi) is 5.68. The maximum Gasteiger partial charge on any atom is 0.271 e. The van der Waals surface area contributed by atoms with E-state index in [9.17, 15) is 14.9 Å². The number of benzene rings is 3. The van der Waals surface area contributed by atoms with E-state index in [4.69, 9.17) is 4.99 Å². The van der Waals surface area contributed by atoms with Crippen molar-refractivity contribution in [2.75, 3.05) is 4.90 Å². The maximum atomic E-state index is 13.3. The van der Waals surface area contributed by atoms with Gasteiger partial charge in [-0.3, -0.25) is 19.8 Å². The lowest BCUT2D eigenvalue weighted by molar-refractivity contribution is -0.384. The number of hydrogen-bond donors (Lipinski definition) is 0. The van der Waals surface area contributed by atoms with Gasteiger partial charge < -0.3 is 0 Å². The van der Waals surface area contributed by atoms with Crippen molar-refractivity contribution in [3.8, 4) is 0 Å². The van der Waals surface area contributed by atoms with E-state index in [0.717, 1.165) is 22.5 Å². The fourth-order valence-corrected chi connectivity index (χ4v) is 4.26. The molecule has 0 bridgehead atoms. The van der Waals surface area contributed by atoms with Crippen molar-refractivity contribution >= 4 is 46.0 Å². The molecule has 1 aliphatic heterocycles. The fourth-order valence-electron chi connectivity index (χ4n) is 3.27. The fraction of sp³-hybridized carbons (Fsp3) is 0.0833. The predicted molar refractivity (Wildman–Crippen MR) is 126 cm³/mol. The van der Waals surface area contributed by atoms with Gasteiger partial charge in [0.2, 0.25) is 0 Å². The molecular formula is C24H19N3O3S. The number of aryl methyl sites for hydroxylation is 2. The van der Waals surface area contributed by atoms with Crippen LogP contribution in [0.3, 0.4) is 0 Å². The molecule has 3 aromatic rings. The van der Waals surface area contributed by atoms with Gasteiger partial charge in [-0.15, -0.1) is 0 Å². The number of carbonyl (C=O) groups excluding carboxylic acids is 1. The first-order valence-electron chi connectivity index (χ1n) is 9.62. The van der Waals surface area contributed by atoms with Crippen molar-refractivity contribution in [3.05, 3.63) is 105 Å². The third-order valence-electron chi connectivity index (χ3n) is 4.87. The molecule has 154 valence electrons. The van der Waals surface area contributed by atoms with E-state index in [0.29, 0.717) is 15.6 Å². The number of amidine groups is 1. The van der Waals surface area contributed by atoms with E-state index in [1.807, 2.05) is 62.4 Å². The van der Waals surface area contributed by atoms with E-state index in [1.165, 1.54) is 23.9 Å². The molecule has 4 rings (SSSR count). The number of nitrogens with zero attached hydrogens (tertiary/aromatic N) is 3. The predicted octanol–water partition coefficient (Wildman–Crippen LogP) is 6.02. The zero-order chi connectivity index (χ0) is 22.0. The van der Waals surface area contributed by atoms with Crippen LogP contribution < -0.4 is 4.90 Å². The van der Waals surface area contributed by atoms with Crippen molar-refractivity contribution < 1.29 is 9.72 Å². The summed E-state index contributed by atoms with van der Waals surface area (Å²) < 4.78 is 0. The molecule has 0 atom stereocenters. The smallest absolute Gasteiger partial charge is 0.268 e. The van der Waals surface area contributed by atoms with Gasteiger partial charge in [-0.2, -0.15) is 0 Å². The molecule has 0 radical (unpaired) electrons. The van der Waals surface area contributed by atoms with Crippen LogP contribution >= 0.6 is 11.8 Å². The number of hydrogen-bond acceptors (Lipinski definition) is 5. The van der Waals surface area contributed by atoms with Gasteiger partial charge in [0.25, 0.3) is 11.6 Å². The Morgan fingerprint density at radius 1 is 0.935 bits per heavy atom. The first-order valence-corrected chi connectivity index (χ1v) is 10.4. The van der Waals surface area contributed by atoms with E-state index >= 15 is 0 Å².